The second kappa shape index (κ2) is 10.6. The Kier molecular flexibility index (Phi) is 7.90. The van der Waals surface area contributed by atoms with E-state index in [1.54, 1.807) is 24.3 Å². The van der Waals surface area contributed by atoms with Crippen molar-refractivity contribution in [3.05, 3.63) is 70.3 Å². The Bertz CT molecular complexity index is 991. The molecule has 3 aromatic rings. The van der Waals surface area contributed by atoms with Crippen LogP contribution in [0.3, 0.4) is 0 Å². The minimum absolute atomic E-state index is 0.0844. The maximum absolute atomic E-state index is 13.4. The standard InChI is InChI=1S/C23H24BrF3N4/c1-2-3-4-5-7-16-10-12-18(13-11-16)30-22-28-15-20(23(25,26)27)21(31-22)29-19-9-6-8-17(24)14-19/h6,8-15H,2-5,7H2,1H3,(H2,28,29,30,31). The number of nitrogens with one attached hydrogen (secondary N) is 2. The van der Waals surface area contributed by atoms with Crippen LogP contribution in [0.25, 0.3) is 0 Å². The number of halogens is 4. The molecule has 1 heterocycles. The van der Waals surface area contributed by atoms with Gasteiger partial charge in [-0.15, -0.1) is 0 Å². The third kappa shape index (κ3) is 6.95. The third-order valence-electron chi connectivity index (χ3n) is 4.71. The van der Waals surface area contributed by atoms with Gasteiger partial charge in [0.1, 0.15) is 11.4 Å². The lowest BCUT2D eigenvalue weighted by Gasteiger charge is -2.15. The van der Waals surface area contributed by atoms with E-state index in [1.165, 1.54) is 24.8 Å². The lowest BCUT2D eigenvalue weighted by Crippen LogP contribution is -2.12. The predicted octanol–water partition coefficient (Wildman–Crippen LogP) is 7.87. The number of unbranched alkanes of at least 4 members (excludes halogenated alkanes) is 3. The molecule has 31 heavy (non-hydrogen) atoms. The van der Waals surface area contributed by atoms with Crippen molar-refractivity contribution in [3.8, 4) is 0 Å². The highest BCUT2D eigenvalue weighted by Gasteiger charge is 2.35. The summed E-state index contributed by atoms with van der Waals surface area (Å²) in [4.78, 5) is 7.94. The minimum atomic E-state index is -4.58. The Morgan fingerprint density at radius 3 is 2.39 bits per heavy atom. The summed E-state index contributed by atoms with van der Waals surface area (Å²) in [7, 11) is 0. The van der Waals surface area contributed by atoms with Crippen molar-refractivity contribution in [2.45, 2.75) is 45.2 Å². The van der Waals surface area contributed by atoms with Crippen molar-refractivity contribution < 1.29 is 13.2 Å². The molecule has 8 heteroatoms. The highest BCUT2D eigenvalue weighted by Crippen LogP contribution is 2.35. The number of aryl methyl sites for hydroxylation is 1. The fraction of sp³-hybridized carbons (Fsp3) is 0.304. The number of hydrogen-bond donors (Lipinski definition) is 2. The van der Waals surface area contributed by atoms with Gasteiger partial charge in [-0.2, -0.15) is 18.2 Å². The molecule has 0 saturated heterocycles. The van der Waals surface area contributed by atoms with Crippen molar-refractivity contribution in [3.63, 3.8) is 0 Å². The zero-order chi connectivity index (χ0) is 22.3. The number of alkyl halides is 3. The Morgan fingerprint density at radius 2 is 1.71 bits per heavy atom. The van der Waals surface area contributed by atoms with Gasteiger partial charge in [0.2, 0.25) is 5.95 Å². The first-order valence-electron chi connectivity index (χ1n) is 10.2. The monoisotopic (exact) mass is 492 g/mol. The molecule has 2 N–H and O–H groups in total. The van der Waals surface area contributed by atoms with E-state index in [0.29, 0.717) is 11.4 Å². The number of benzene rings is 2. The smallest absolute Gasteiger partial charge is 0.340 e. The van der Waals surface area contributed by atoms with E-state index in [9.17, 15) is 13.2 Å². The molecule has 4 nitrogen and oxygen atoms in total. The predicted molar refractivity (Wildman–Crippen MR) is 122 cm³/mol. The van der Waals surface area contributed by atoms with Crippen LogP contribution < -0.4 is 10.6 Å². The molecule has 0 fully saturated rings. The van der Waals surface area contributed by atoms with Gasteiger partial charge in [-0.05, 0) is 48.7 Å². The van der Waals surface area contributed by atoms with Gasteiger partial charge < -0.3 is 10.6 Å². The van der Waals surface area contributed by atoms with Crippen LogP contribution in [0.2, 0.25) is 0 Å². The number of rotatable bonds is 9. The van der Waals surface area contributed by atoms with Gasteiger partial charge in [0.05, 0.1) is 0 Å². The molecule has 0 aliphatic rings. The molecule has 0 aliphatic carbocycles. The summed E-state index contributed by atoms with van der Waals surface area (Å²) in [6, 6.07) is 14.7. The first-order valence-corrected chi connectivity index (χ1v) is 11.0. The fourth-order valence-electron chi connectivity index (χ4n) is 3.09. The first-order chi connectivity index (χ1) is 14.8. The molecule has 0 amide bonds. The molecule has 0 aliphatic heterocycles. The van der Waals surface area contributed by atoms with Crippen LogP contribution in [0.15, 0.2) is 59.2 Å². The Morgan fingerprint density at radius 1 is 0.935 bits per heavy atom. The van der Waals surface area contributed by atoms with E-state index in [-0.39, 0.29) is 11.8 Å². The maximum Gasteiger partial charge on any atom is 0.421 e. The van der Waals surface area contributed by atoms with Gasteiger partial charge in [-0.1, -0.05) is 60.3 Å². The molecule has 2 aromatic carbocycles. The first kappa shape index (κ1) is 23.1. The molecule has 0 atom stereocenters. The van der Waals surface area contributed by atoms with Crippen LogP contribution in [-0.2, 0) is 12.6 Å². The molecular weight excluding hydrogens is 469 g/mol. The number of nitrogens with zero attached hydrogens (tertiary/aromatic N) is 2. The molecule has 164 valence electrons. The molecular formula is C23H24BrF3N4. The summed E-state index contributed by atoms with van der Waals surface area (Å²) in [5.41, 5.74) is 1.50. The second-order valence-corrected chi connectivity index (χ2v) is 8.14. The summed E-state index contributed by atoms with van der Waals surface area (Å²) in [6.07, 6.45) is 2.02. The molecule has 0 spiro atoms. The van der Waals surface area contributed by atoms with Crippen LogP contribution in [-0.4, -0.2) is 9.97 Å². The average molecular weight is 493 g/mol. The van der Waals surface area contributed by atoms with Crippen molar-refractivity contribution in [1.82, 2.24) is 9.97 Å². The average Bonchev–Trinajstić information content (AvgIpc) is 2.72. The summed E-state index contributed by atoms with van der Waals surface area (Å²) in [5, 5.41) is 5.73. The molecule has 0 unspecified atom stereocenters. The van der Waals surface area contributed by atoms with E-state index in [4.69, 9.17) is 0 Å². The molecule has 0 saturated carbocycles. The second-order valence-electron chi connectivity index (χ2n) is 7.22. The van der Waals surface area contributed by atoms with Gasteiger partial charge >= 0.3 is 6.18 Å². The fourth-order valence-corrected chi connectivity index (χ4v) is 3.49. The van der Waals surface area contributed by atoms with Gasteiger partial charge in [-0.3, -0.25) is 0 Å². The Balaban J connectivity index is 1.75. The van der Waals surface area contributed by atoms with Crippen molar-refractivity contribution in [1.29, 1.82) is 0 Å². The topological polar surface area (TPSA) is 49.8 Å². The van der Waals surface area contributed by atoms with Crippen LogP contribution in [0.5, 0.6) is 0 Å². The van der Waals surface area contributed by atoms with E-state index in [0.717, 1.165) is 23.5 Å². The molecule has 1 aromatic heterocycles. The quantitative estimate of drug-likeness (QED) is 0.298. The maximum atomic E-state index is 13.4. The highest BCUT2D eigenvalue weighted by molar-refractivity contribution is 9.10. The zero-order valence-corrected chi connectivity index (χ0v) is 18.7. The van der Waals surface area contributed by atoms with E-state index < -0.39 is 11.7 Å². The highest BCUT2D eigenvalue weighted by atomic mass is 79.9. The van der Waals surface area contributed by atoms with Crippen molar-refractivity contribution in [2.24, 2.45) is 0 Å². The SMILES string of the molecule is CCCCCCc1ccc(Nc2ncc(C(F)(F)F)c(Nc3cccc(Br)c3)n2)cc1. The normalized spacial score (nSPS) is 11.4. The summed E-state index contributed by atoms with van der Waals surface area (Å²) < 4.78 is 41.0. The Labute approximate surface area is 188 Å². The van der Waals surface area contributed by atoms with E-state index >= 15 is 0 Å². The molecule has 0 bridgehead atoms. The lowest BCUT2D eigenvalue weighted by atomic mass is 10.1. The van der Waals surface area contributed by atoms with Crippen molar-refractivity contribution in [2.75, 3.05) is 10.6 Å². The van der Waals surface area contributed by atoms with Crippen LogP contribution in [0.4, 0.5) is 36.3 Å². The molecule has 0 radical (unpaired) electrons. The number of hydrogen-bond acceptors (Lipinski definition) is 4. The zero-order valence-electron chi connectivity index (χ0n) is 17.1. The van der Waals surface area contributed by atoms with Crippen LogP contribution in [0, 0.1) is 0 Å². The number of anilines is 4. The van der Waals surface area contributed by atoms with Gasteiger partial charge in [0.25, 0.3) is 0 Å². The van der Waals surface area contributed by atoms with Crippen LogP contribution in [0.1, 0.15) is 43.7 Å². The van der Waals surface area contributed by atoms with Crippen molar-refractivity contribution >= 4 is 39.1 Å². The van der Waals surface area contributed by atoms with Gasteiger partial charge in [-0.25, -0.2) is 4.98 Å². The summed E-state index contributed by atoms with van der Waals surface area (Å²) in [6.45, 7) is 2.18. The lowest BCUT2D eigenvalue weighted by molar-refractivity contribution is -0.137. The van der Waals surface area contributed by atoms with E-state index in [1.807, 2.05) is 24.3 Å². The van der Waals surface area contributed by atoms with Gasteiger partial charge in [0.15, 0.2) is 0 Å². The third-order valence-corrected chi connectivity index (χ3v) is 5.20. The summed E-state index contributed by atoms with van der Waals surface area (Å²) in [5.74, 6) is -0.225. The van der Waals surface area contributed by atoms with E-state index in [2.05, 4.69) is 43.5 Å². The Hall–Kier alpha value is -2.61. The van der Waals surface area contributed by atoms with Gasteiger partial charge in [0, 0.05) is 22.0 Å². The number of aromatic nitrogens is 2. The largest absolute Gasteiger partial charge is 0.421 e. The van der Waals surface area contributed by atoms with Crippen LogP contribution >= 0.6 is 15.9 Å². The molecule has 3 rings (SSSR count). The summed E-state index contributed by atoms with van der Waals surface area (Å²) >= 11 is 3.31. The minimum Gasteiger partial charge on any atom is -0.340 e.